The molecule has 0 fully saturated rings. The van der Waals surface area contributed by atoms with Crippen molar-refractivity contribution >= 4 is 33.3 Å². The first-order valence-electron chi connectivity index (χ1n) is 7.12. The van der Waals surface area contributed by atoms with Crippen molar-refractivity contribution in [2.24, 2.45) is 0 Å². The van der Waals surface area contributed by atoms with Gasteiger partial charge in [0.05, 0.1) is 17.3 Å². The van der Waals surface area contributed by atoms with Gasteiger partial charge in [-0.15, -0.1) is 0 Å². The monoisotopic (exact) mass is 380 g/mol. The molecule has 6 heteroatoms. The van der Waals surface area contributed by atoms with Gasteiger partial charge >= 0.3 is 6.03 Å². The van der Waals surface area contributed by atoms with Gasteiger partial charge in [0.1, 0.15) is 11.6 Å². The second kappa shape index (κ2) is 7.46. The smallest absolute Gasteiger partial charge is 0.323 e. The van der Waals surface area contributed by atoms with Crippen LogP contribution in [0, 0.1) is 5.82 Å². The highest BCUT2D eigenvalue weighted by molar-refractivity contribution is 9.10. The Balaban J connectivity index is 2.19. The molecule has 0 aromatic heterocycles. The summed E-state index contributed by atoms with van der Waals surface area (Å²) in [7, 11) is 1.46. The standard InChI is InChI=1S/C17H18BrFN2O2/c1-10(2)11-6-4-5-7-14(11)20-17(22)21-15-9-13(19)12(18)8-16(15)23-3/h4-10H,1-3H3,(H2,20,21,22). The van der Waals surface area contributed by atoms with E-state index >= 15 is 0 Å². The van der Waals surface area contributed by atoms with Crippen molar-refractivity contribution in [3.05, 3.63) is 52.3 Å². The molecular weight excluding hydrogens is 363 g/mol. The third kappa shape index (κ3) is 4.22. The summed E-state index contributed by atoms with van der Waals surface area (Å²) in [5, 5.41) is 5.39. The number of benzene rings is 2. The molecule has 0 atom stereocenters. The number of carbonyl (C=O) groups excluding carboxylic acids is 1. The van der Waals surface area contributed by atoms with E-state index in [4.69, 9.17) is 4.74 Å². The summed E-state index contributed by atoms with van der Waals surface area (Å²) in [6.07, 6.45) is 0. The van der Waals surface area contributed by atoms with Crippen LogP contribution in [-0.4, -0.2) is 13.1 Å². The summed E-state index contributed by atoms with van der Waals surface area (Å²) in [5.41, 5.74) is 2.00. The van der Waals surface area contributed by atoms with Crippen LogP contribution < -0.4 is 15.4 Å². The van der Waals surface area contributed by atoms with Crippen LogP contribution in [0.5, 0.6) is 5.75 Å². The van der Waals surface area contributed by atoms with Gasteiger partial charge in [-0.05, 0) is 39.5 Å². The Morgan fingerprint density at radius 3 is 2.48 bits per heavy atom. The summed E-state index contributed by atoms with van der Waals surface area (Å²) in [4.78, 5) is 12.2. The van der Waals surface area contributed by atoms with Crippen LogP contribution in [0.15, 0.2) is 40.9 Å². The van der Waals surface area contributed by atoms with E-state index in [1.54, 1.807) is 0 Å². The molecular formula is C17H18BrFN2O2. The van der Waals surface area contributed by atoms with Gasteiger partial charge in [-0.25, -0.2) is 9.18 Å². The lowest BCUT2D eigenvalue weighted by atomic mass is 10.0. The number of nitrogens with one attached hydrogen (secondary N) is 2. The molecule has 0 saturated carbocycles. The molecule has 122 valence electrons. The van der Waals surface area contributed by atoms with E-state index < -0.39 is 11.8 Å². The van der Waals surface area contributed by atoms with Crippen molar-refractivity contribution in [2.45, 2.75) is 19.8 Å². The molecule has 0 aliphatic rings. The molecule has 23 heavy (non-hydrogen) atoms. The maximum atomic E-state index is 13.7. The van der Waals surface area contributed by atoms with Crippen LogP contribution in [0.3, 0.4) is 0 Å². The number of hydrogen-bond acceptors (Lipinski definition) is 2. The summed E-state index contributed by atoms with van der Waals surface area (Å²) in [6, 6.07) is 9.77. The first kappa shape index (κ1) is 17.3. The number of urea groups is 1. The predicted octanol–water partition coefficient (Wildman–Crippen LogP) is 5.36. The molecule has 0 saturated heterocycles. The minimum absolute atomic E-state index is 0.257. The number of para-hydroxylation sites is 1. The van der Waals surface area contributed by atoms with Crippen molar-refractivity contribution in [1.29, 1.82) is 0 Å². The number of halogens is 2. The molecule has 2 N–H and O–H groups in total. The molecule has 0 heterocycles. The number of methoxy groups -OCH3 is 1. The maximum Gasteiger partial charge on any atom is 0.323 e. The summed E-state index contributed by atoms with van der Waals surface area (Å²) >= 11 is 3.08. The Morgan fingerprint density at radius 2 is 1.83 bits per heavy atom. The van der Waals surface area contributed by atoms with Crippen molar-refractivity contribution in [1.82, 2.24) is 0 Å². The minimum atomic E-state index is -0.483. The van der Waals surface area contributed by atoms with Crippen LogP contribution in [0.2, 0.25) is 0 Å². The molecule has 0 aliphatic carbocycles. The fraction of sp³-hybridized carbons (Fsp3) is 0.235. The van der Waals surface area contributed by atoms with Crippen molar-refractivity contribution < 1.29 is 13.9 Å². The molecule has 4 nitrogen and oxygen atoms in total. The van der Waals surface area contributed by atoms with E-state index in [1.165, 1.54) is 19.2 Å². The van der Waals surface area contributed by atoms with Gasteiger partial charge in [-0.2, -0.15) is 0 Å². The van der Waals surface area contributed by atoms with Crippen LogP contribution in [-0.2, 0) is 0 Å². The van der Waals surface area contributed by atoms with Gasteiger partial charge in [0, 0.05) is 11.8 Å². The van der Waals surface area contributed by atoms with Crippen molar-refractivity contribution in [3.63, 3.8) is 0 Å². The Hall–Kier alpha value is -2.08. The lowest BCUT2D eigenvalue weighted by molar-refractivity contribution is 0.262. The highest BCUT2D eigenvalue weighted by Gasteiger charge is 2.13. The molecule has 0 spiro atoms. The van der Waals surface area contributed by atoms with Gasteiger partial charge in [0.15, 0.2) is 0 Å². The molecule has 2 aromatic carbocycles. The predicted molar refractivity (Wildman–Crippen MR) is 93.8 cm³/mol. The number of ether oxygens (including phenoxy) is 1. The Morgan fingerprint density at radius 1 is 1.17 bits per heavy atom. The molecule has 2 rings (SSSR count). The number of carbonyl (C=O) groups is 1. The topological polar surface area (TPSA) is 50.4 Å². The highest BCUT2D eigenvalue weighted by Crippen LogP contribution is 2.31. The van der Waals surface area contributed by atoms with Gasteiger partial charge in [0.2, 0.25) is 0 Å². The molecule has 2 aromatic rings. The van der Waals surface area contributed by atoms with Gasteiger partial charge in [-0.1, -0.05) is 32.0 Å². The Kier molecular flexibility index (Phi) is 5.60. The summed E-state index contributed by atoms with van der Waals surface area (Å²) in [6.45, 7) is 4.09. The largest absolute Gasteiger partial charge is 0.495 e. The van der Waals surface area contributed by atoms with Crippen LogP contribution >= 0.6 is 15.9 Å². The summed E-state index contributed by atoms with van der Waals surface area (Å²) in [5.74, 6) is 0.153. The first-order valence-corrected chi connectivity index (χ1v) is 7.91. The van der Waals surface area contributed by atoms with Gasteiger partial charge < -0.3 is 15.4 Å². The molecule has 2 amide bonds. The van der Waals surface area contributed by atoms with Gasteiger partial charge in [-0.3, -0.25) is 0 Å². The number of anilines is 2. The second-order valence-electron chi connectivity index (χ2n) is 5.29. The average molecular weight is 381 g/mol. The van der Waals surface area contributed by atoms with Gasteiger partial charge in [0.25, 0.3) is 0 Å². The van der Waals surface area contributed by atoms with E-state index in [0.29, 0.717) is 5.75 Å². The normalized spacial score (nSPS) is 10.5. The molecule has 0 aliphatic heterocycles. The lowest BCUT2D eigenvalue weighted by Crippen LogP contribution is -2.21. The second-order valence-corrected chi connectivity index (χ2v) is 6.14. The zero-order valence-electron chi connectivity index (χ0n) is 13.1. The van der Waals surface area contributed by atoms with E-state index in [9.17, 15) is 9.18 Å². The zero-order valence-corrected chi connectivity index (χ0v) is 14.7. The SMILES string of the molecule is COc1cc(Br)c(F)cc1NC(=O)Nc1ccccc1C(C)C. The van der Waals surface area contributed by atoms with E-state index in [2.05, 4.69) is 26.6 Å². The maximum absolute atomic E-state index is 13.7. The fourth-order valence-corrected chi connectivity index (χ4v) is 2.51. The van der Waals surface area contributed by atoms with E-state index in [0.717, 1.165) is 11.3 Å². The first-order chi connectivity index (χ1) is 10.9. The number of rotatable bonds is 4. The quantitative estimate of drug-likeness (QED) is 0.749. The molecule has 0 radical (unpaired) electrons. The minimum Gasteiger partial charge on any atom is -0.495 e. The summed E-state index contributed by atoms with van der Waals surface area (Å²) < 4.78 is 19.1. The van der Waals surface area contributed by atoms with E-state index in [1.807, 2.05) is 38.1 Å². The van der Waals surface area contributed by atoms with Crippen molar-refractivity contribution in [2.75, 3.05) is 17.7 Å². The molecule has 0 unspecified atom stereocenters. The highest BCUT2D eigenvalue weighted by atomic mass is 79.9. The zero-order chi connectivity index (χ0) is 17.0. The Labute approximate surface area is 143 Å². The Bertz CT molecular complexity index is 720. The van der Waals surface area contributed by atoms with Crippen molar-refractivity contribution in [3.8, 4) is 5.75 Å². The number of hydrogen-bond donors (Lipinski definition) is 2. The lowest BCUT2D eigenvalue weighted by Gasteiger charge is -2.15. The third-order valence-electron chi connectivity index (χ3n) is 3.32. The van der Waals surface area contributed by atoms with E-state index in [-0.39, 0.29) is 16.1 Å². The third-order valence-corrected chi connectivity index (χ3v) is 3.93. The fourth-order valence-electron chi connectivity index (χ4n) is 2.19. The average Bonchev–Trinajstić information content (AvgIpc) is 2.50. The van der Waals surface area contributed by atoms with Crippen LogP contribution in [0.4, 0.5) is 20.6 Å². The van der Waals surface area contributed by atoms with Crippen LogP contribution in [0.1, 0.15) is 25.3 Å². The van der Waals surface area contributed by atoms with Crippen LogP contribution in [0.25, 0.3) is 0 Å². The molecule has 0 bridgehead atoms. The number of amides is 2.